The Bertz CT molecular complexity index is 343. The van der Waals surface area contributed by atoms with Crippen LogP contribution in [0, 0.1) is 12.8 Å². The topological polar surface area (TPSA) is 50.9 Å². The van der Waals surface area contributed by atoms with Crippen molar-refractivity contribution in [3.63, 3.8) is 0 Å². The summed E-state index contributed by atoms with van der Waals surface area (Å²) < 4.78 is 0. The zero-order valence-corrected chi connectivity index (χ0v) is 10.7. The van der Waals surface area contributed by atoms with E-state index in [0.29, 0.717) is 5.92 Å². The van der Waals surface area contributed by atoms with Crippen LogP contribution in [0.1, 0.15) is 55.8 Å². The van der Waals surface area contributed by atoms with Crippen molar-refractivity contribution < 1.29 is 0 Å². The smallest absolute Gasteiger partial charge is 0.0506 e. The molecule has 2 rings (SSSR count). The van der Waals surface area contributed by atoms with Crippen LogP contribution < -0.4 is 11.3 Å². The second-order valence-corrected chi connectivity index (χ2v) is 5.07. The highest BCUT2D eigenvalue weighted by molar-refractivity contribution is 5.23. The summed E-state index contributed by atoms with van der Waals surface area (Å²) in [5, 5.41) is 0. The lowest BCUT2D eigenvalue weighted by molar-refractivity contribution is 0.327. The van der Waals surface area contributed by atoms with Gasteiger partial charge in [0.25, 0.3) is 0 Å². The molecular weight excluding hydrogens is 210 g/mol. The van der Waals surface area contributed by atoms with Crippen LogP contribution in [0.2, 0.25) is 0 Å². The molecule has 1 saturated carbocycles. The van der Waals surface area contributed by atoms with Crippen LogP contribution in [0.4, 0.5) is 0 Å². The average Bonchev–Trinajstić information content (AvgIpc) is 2.62. The summed E-state index contributed by atoms with van der Waals surface area (Å²) in [6, 6.07) is 4.42. The second kappa shape index (κ2) is 6.12. The van der Waals surface area contributed by atoms with E-state index in [2.05, 4.69) is 23.4 Å². The van der Waals surface area contributed by atoms with Crippen molar-refractivity contribution >= 4 is 0 Å². The predicted molar refractivity (Wildman–Crippen MR) is 70.2 cm³/mol. The normalized spacial score (nSPS) is 19.9. The molecule has 1 heterocycles. The van der Waals surface area contributed by atoms with Crippen LogP contribution in [0.15, 0.2) is 18.3 Å². The third-order valence-electron chi connectivity index (χ3n) is 3.93. The molecule has 94 valence electrons. The van der Waals surface area contributed by atoms with Crippen molar-refractivity contribution in [2.45, 2.75) is 51.5 Å². The van der Waals surface area contributed by atoms with E-state index < -0.39 is 0 Å². The van der Waals surface area contributed by atoms with Gasteiger partial charge in [-0.25, -0.2) is 0 Å². The van der Waals surface area contributed by atoms with Gasteiger partial charge in [0.1, 0.15) is 0 Å². The van der Waals surface area contributed by atoms with E-state index in [4.69, 9.17) is 5.84 Å². The largest absolute Gasteiger partial charge is 0.271 e. The maximum Gasteiger partial charge on any atom is 0.0506 e. The van der Waals surface area contributed by atoms with Gasteiger partial charge in [0, 0.05) is 11.9 Å². The third kappa shape index (κ3) is 3.05. The van der Waals surface area contributed by atoms with E-state index in [0.717, 1.165) is 5.69 Å². The number of nitrogens with two attached hydrogens (primary N) is 1. The average molecular weight is 233 g/mol. The van der Waals surface area contributed by atoms with Crippen LogP contribution in [-0.4, -0.2) is 4.98 Å². The first kappa shape index (κ1) is 12.5. The standard InChI is InChI=1S/C14H23N3/c1-11-13(9-6-10-16-11)14(17-15)12-7-4-2-3-5-8-12/h6,9-10,12,14,17H,2-5,7-8,15H2,1H3. The number of nitrogens with zero attached hydrogens (tertiary/aromatic N) is 1. The van der Waals surface area contributed by atoms with Crippen LogP contribution in [0.3, 0.4) is 0 Å². The second-order valence-electron chi connectivity index (χ2n) is 5.07. The van der Waals surface area contributed by atoms with Crippen LogP contribution in [0.25, 0.3) is 0 Å². The lowest BCUT2D eigenvalue weighted by Crippen LogP contribution is -2.34. The van der Waals surface area contributed by atoms with Gasteiger partial charge >= 0.3 is 0 Å². The van der Waals surface area contributed by atoms with E-state index >= 15 is 0 Å². The zero-order chi connectivity index (χ0) is 12.1. The van der Waals surface area contributed by atoms with E-state index in [1.807, 2.05) is 12.3 Å². The number of aromatic nitrogens is 1. The minimum absolute atomic E-state index is 0.266. The third-order valence-corrected chi connectivity index (χ3v) is 3.93. The van der Waals surface area contributed by atoms with Gasteiger partial charge in [-0.2, -0.15) is 0 Å². The molecule has 1 aromatic rings. The maximum atomic E-state index is 5.78. The maximum absolute atomic E-state index is 5.78. The fraction of sp³-hybridized carbons (Fsp3) is 0.643. The van der Waals surface area contributed by atoms with Crippen molar-refractivity contribution in [3.8, 4) is 0 Å². The molecule has 1 aromatic heterocycles. The molecule has 3 N–H and O–H groups in total. The fourth-order valence-corrected chi connectivity index (χ4v) is 2.95. The summed E-state index contributed by atoms with van der Waals surface area (Å²) >= 11 is 0. The molecule has 0 amide bonds. The van der Waals surface area contributed by atoms with Crippen molar-refractivity contribution in [1.29, 1.82) is 0 Å². The number of pyridine rings is 1. The number of nitrogens with one attached hydrogen (secondary N) is 1. The Balaban J connectivity index is 2.17. The molecule has 0 radical (unpaired) electrons. The van der Waals surface area contributed by atoms with Crippen molar-refractivity contribution in [2.24, 2.45) is 11.8 Å². The lowest BCUT2D eigenvalue weighted by Gasteiger charge is -2.26. The minimum Gasteiger partial charge on any atom is -0.271 e. The molecule has 1 aliphatic rings. The van der Waals surface area contributed by atoms with Crippen molar-refractivity contribution in [1.82, 2.24) is 10.4 Å². The molecular formula is C14H23N3. The molecule has 1 unspecified atom stereocenters. The van der Waals surface area contributed by atoms with Gasteiger partial charge < -0.3 is 0 Å². The Morgan fingerprint density at radius 2 is 2.00 bits per heavy atom. The molecule has 0 saturated heterocycles. The summed E-state index contributed by atoms with van der Waals surface area (Å²) in [4.78, 5) is 4.37. The quantitative estimate of drug-likeness (QED) is 0.479. The highest BCUT2D eigenvalue weighted by Gasteiger charge is 2.24. The molecule has 1 atom stereocenters. The SMILES string of the molecule is Cc1ncccc1C(NN)C1CCCCCC1. The number of hydrazine groups is 1. The molecule has 0 aliphatic heterocycles. The first-order valence-corrected chi connectivity index (χ1v) is 6.70. The molecule has 0 bridgehead atoms. The van der Waals surface area contributed by atoms with Gasteiger partial charge in [-0.05, 0) is 37.3 Å². The summed E-state index contributed by atoms with van der Waals surface area (Å²) in [6.45, 7) is 2.07. The van der Waals surface area contributed by atoms with E-state index in [-0.39, 0.29) is 6.04 Å². The number of hydrogen-bond donors (Lipinski definition) is 2. The Morgan fingerprint density at radius 3 is 2.59 bits per heavy atom. The fourth-order valence-electron chi connectivity index (χ4n) is 2.95. The molecule has 17 heavy (non-hydrogen) atoms. The van der Waals surface area contributed by atoms with Gasteiger partial charge in [-0.15, -0.1) is 0 Å². The Hall–Kier alpha value is -0.930. The Kier molecular flexibility index (Phi) is 4.51. The van der Waals surface area contributed by atoms with Gasteiger partial charge in [-0.3, -0.25) is 16.3 Å². The van der Waals surface area contributed by atoms with Gasteiger partial charge in [0.05, 0.1) is 6.04 Å². The van der Waals surface area contributed by atoms with Gasteiger partial charge in [0.15, 0.2) is 0 Å². The predicted octanol–water partition coefficient (Wildman–Crippen LogP) is 2.86. The number of aryl methyl sites for hydroxylation is 1. The van der Waals surface area contributed by atoms with E-state index in [1.165, 1.54) is 44.1 Å². The summed E-state index contributed by atoms with van der Waals surface area (Å²) in [5.74, 6) is 6.44. The van der Waals surface area contributed by atoms with Gasteiger partial charge in [-0.1, -0.05) is 31.7 Å². The highest BCUT2D eigenvalue weighted by atomic mass is 15.2. The summed E-state index contributed by atoms with van der Waals surface area (Å²) in [6.07, 6.45) is 9.83. The molecule has 3 nitrogen and oxygen atoms in total. The number of hydrogen-bond acceptors (Lipinski definition) is 3. The van der Waals surface area contributed by atoms with Gasteiger partial charge in [0.2, 0.25) is 0 Å². The summed E-state index contributed by atoms with van der Waals surface area (Å²) in [7, 11) is 0. The number of rotatable bonds is 3. The lowest BCUT2D eigenvalue weighted by atomic mass is 9.87. The molecule has 0 aromatic carbocycles. The van der Waals surface area contributed by atoms with Crippen LogP contribution in [-0.2, 0) is 0 Å². The summed E-state index contributed by atoms with van der Waals surface area (Å²) in [5.41, 5.74) is 5.38. The van der Waals surface area contributed by atoms with Crippen LogP contribution in [0.5, 0.6) is 0 Å². The van der Waals surface area contributed by atoms with E-state index in [9.17, 15) is 0 Å². The van der Waals surface area contributed by atoms with Crippen LogP contribution >= 0.6 is 0 Å². The van der Waals surface area contributed by atoms with Crippen molar-refractivity contribution in [3.05, 3.63) is 29.6 Å². The first-order chi connectivity index (χ1) is 8.33. The Morgan fingerprint density at radius 1 is 1.29 bits per heavy atom. The Labute approximate surface area is 104 Å². The van der Waals surface area contributed by atoms with Crippen molar-refractivity contribution in [2.75, 3.05) is 0 Å². The monoisotopic (exact) mass is 233 g/mol. The molecule has 1 aliphatic carbocycles. The molecule has 0 spiro atoms. The first-order valence-electron chi connectivity index (χ1n) is 6.70. The highest BCUT2D eigenvalue weighted by Crippen LogP contribution is 2.33. The molecule has 1 fully saturated rings. The minimum atomic E-state index is 0.266. The van der Waals surface area contributed by atoms with E-state index in [1.54, 1.807) is 0 Å². The molecule has 3 heteroatoms. The zero-order valence-electron chi connectivity index (χ0n) is 10.7.